The van der Waals surface area contributed by atoms with E-state index in [1.54, 1.807) is 0 Å². The molecular formula is C12H19N5. The van der Waals surface area contributed by atoms with E-state index in [9.17, 15) is 0 Å². The average Bonchev–Trinajstić information content (AvgIpc) is 2.97. The Bertz CT molecular complexity index is 415. The van der Waals surface area contributed by atoms with Crippen molar-refractivity contribution >= 4 is 0 Å². The Morgan fingerprint density at radius 3 is 1.76 bits per heavy atom. The summed E-state index contributed by atoms with van der Waals surface area (Å²) in [5.41, 5.74) is 2.43. The molecule has 0 saturated heterocycles. The van der Waals surface area contributed by atoms with Crippen LogP contribution in [0.1, 0.15) is 25.0 Å². The van der Waals surface area contributed by atoms with Crippen LogP contribution < -0.4 is 5.32 Å². The van der Waals surface area contributed by atoms with Gasteiger partial charge < -0.3 is 5.32 Å². The summed E-state index contributed by atoms with van der Waals surface area (Å²) >= 11 is 0. The minimum absolute atomic E-state index is 0.845. The van der Waals surface area contributed by atoms with Gasteiger partial charge in [-0.3, -0.25) is 9.36 Å². The predicted octanol–water partition coefficient (Wildman–Crippen LogP) is 1.41. The number of aromatic nitrogens is 4. The lowest BCUT2D eigenvalue weighted by Crippen LogP contribution is -2.11. The van der Waals surface area contributed by atoms with Crippen LogP contribution in [-0.2, 0) is 26.2 Å². The van der Waals surface area contributed by atoms with Gasteiger partial charge in [-0.2, -0.15) is 10.2 Å². The van der Waals surface area contributed by atoms with E-state index in [1.165, 1.54) is 11.1 Å². The molecule has 92 valence electrons. The SMILES string of the molecule is CCn1cc(CNCc2cnn(CC)c2)cn1. The molecule has 0 aliphatic carbocycles. The van der Waals surface area contributed by atoms with Gasteiger partial charge in [-0.1, -0.05) is 0 Å². The zero-order valence-corrected chi connectivity index (χ0v) is 10.4. The molecule has 0 aliphatic rings. The number of nitrogens with one attached hydrogen (secondary N) is 1. The van der Waals surface area contributed by atoms with Crippen molar-refractivity contribution in [1.82, 2.24) is 24.9 Å². The predicted molar refractivity (Wildman–Crippen MR) is 66.3 cm³/mol. The summed E-state index contributed by atoms with van der Waals surface area (Å²) in [6, 6.07) is 0. The number of nitrogens with zero attached hydrogens (tertiary/aromatic N) is 4. The third-order valence-electron chi connectivity index (χ3n) is 2.68. The number of hydrogen-bond acceptors (Lipinski definition) is 3. The molecule has 0 spiro atoms. The molecule has 5 heteroatoms. The Balaban J connectivity index is 1.79. The van der Waals surface area contributed by atoms with Crippen LogP contribution in [-0.4, -0.2) is 19.6 Å². The molecule has 1 N–H and O–H groups in total. The van der Waals surface area contributed by atoms with Crippen molar-refractivity contribution in [3.8, 4) is 0 Å². The second-order valence-electron chi connectivity index (χ2n) is 4.01. The Morgan fingerprint density at radius 2 is 1.41 bits per heavy atom. The highest BCUT2D eigenvalue weighted by Gasteiger charge is 1.99. The second kappa shape index (κ2) is 5.63. The lowest BCUT2D eigenvalue weighted by molar-refractivity contribution is 0.652. The fourth-order valence-electron chi connectivity index (χ4n) is 1.69. The third-order valence-corrected chi connectivity index (χ3v) is 2.68. The van der Waals surface area contributed by atoms with Crippen LogP contribution >= 0.6 is 0 Å². The topological polar surface area (TPSA) is 47.7 Å². The molecule has 17 heavy (non-hydrogen) atoms. The van der Waals surface area contributed by atoms with Gasteiger partial charge in [-0.05, 0) is 13.8 Å². The highest BCUT2D eigenvalue weighted by Crippen LogP contribution is 2.00. The van der Waals surface area contributed by atoms with Gasteiger partial charge in [0, 0.05) is 49.7 Å². The van der Waals surface area contributed by atoms with Crippen molar-refractivity contribution in [3.05, 3.63) is 35.9 Å². The number of rotatable bonds is 6. The standard InChI is InChI=1S/C12H19N5/c1-3-16-9-11(7-14-16)5-13-6-12-8-15-17(4-2)10-12/h7-10,13H,3-6H2,1-2H3. The van der Waals surface area contributed by atoms with Gasteiger partial charge in [0.05, 0.1) is 12.4 Å². The zero-order valence-electron chi connectivity index (χ0n) is 10.4. The minimum atomic E-state index is 0.845. The Kier molecular flexibility index (Phi) is 3.93. The summed E-state index contributed by atoms with van der Waals surface area (Å²) in [7, 11) is 0. The minimum Gasteiger partial charge on any atom is -0.308 e. The maximum absolute atomic E-state index is 4.24. The molecule has 2 aromatic heterocycles. The van der Waals surface area contributed by atoms with Gasteiger partial charge in [0.1, 0.15) is 0 Å². The largest absolute Gasteiger partial charge is 0.308 e. The van der Waals surface area contributed by atoms with E-state index in [1.807, 2.05) is 21.8 Å². The van der Waals surface area contributed by atoms with E-state index in [2.05, 4.69) is 41.8 Å². The maximum Gasteiger partial charge on any atom is 0.0534 e. The van der Waals surface area contributed by atoms with Gasteiger partial charge in [-0.15, -0.1) is 0 Å². The highest BCUT2D eigenvalue weighted by molar-refractivity contribution is 5.06. The molecule has 2 rings (SSSR count). The van der Waals surface area contributed by atoms with Gasteiger partial charge in [-0.25, -0.2) is 0 Å². The van der Waals surface area contributed by atoms with E-state index >= 15 is 0 Å². The molecule has 0 aliphatic heterocycles. The molecule has 0 atom stereocenters. The first-order chi connectivity index (χ1) is 8.31. The first kappa shape index (κ1) is 11.9. The fraction of sp³-hybridized carbons (Fsp3) is 0.500. The fourth-order valence-corrected chi connectivity index (χ4v) is 1.69. The van der Waals surface area contributed by atoms with E-state index in [-0.39, 0.29) is 0 Å². The van der Waals surface area contributed by atoms with Gasteiger partial charge in [0.25, 0.3) is 0 Å². The third kappa shape index (κ3) is 3.17. The molecule has 0 saturated carbocycles. The van der Waals surface area contributed by atoms with E-state index in [0.717, 1.165) is 26.2 Å². The average molecular weight is 233 g/mol. The Labute approximate surface area is 101 Å². The van der Waals surface area contributed by atoms with Crippen molar-refractivity contribution in [2.45, 2.75) is 40.0 Å². The van der Waals surface area contributed by atoms with E-state index in [0.29, 0.717) is 0 Å². The van der Waals surface area contributed by atoms with Crippen LogP contribution in [0.15, 0.2) is 24.8 Å². The van der Waals surface area contributed by atoms with Crippen molar-refractivity contribution < 1.29 is 0 Å². The first-order valence-electron chi connectivity index (χ1n) is 6.05. The van der Waals surface area contributed by atoms with Crippen LogP contribution in [0.4, 0.5) is 0 Å². The van der Waals surface area contributed by atoms with Crippen molar-refractivity contribution in [3.63, 3.8) is 0 Å². The van der Waals surface area contributed by atoms with Crippen molar-refractivity contribution in [2.24, 2.45) is 0 Å². The Hall–Kier alpha value is -1.62. The van der Waals surface area contributed by atoms with Crippen LogP contribution in [0, 0.1) is 0 Å². The first-order valence-corrected chi connectivity index (χ1v) is 6.05. The maximum atomic E-state index is 4.24. The van der Waals surface area contributed by atoms with Gasteiger partial charge in [0.2, 0.25) is 0 Å². The molecule has 0 aromatic carbocycles. The number of hydrogen-bond donors (Lipinski definition) is 1. The van der Waals surface area contributed by atoms with Crippen molar-refractivity contribution in [2.75, 3.05) is 0 Å². The lowest BCUT2D eigenvalue weighted by Gasteiger charge is -2.00. The molecule has 2 aromatic rings. The summed E-state index contributed by atoms with van der Waals surface area (Å²) in [6.07, 6.45) is 7.96. The van der Waals surface area contributed by atoms with Crippen LogP contribution in [0.5, 0.6) is 0 Å². The van der Waals surface area contributed by atoms with Crippen LogP contribution in [0.2, 0.25) is 0 Å². The smallest absolute Gasteiger partial charge is 0.0534 e. The normalized spacial score (nSPS) is 10.9. The zero-order chi connectivity index (χ0) is 12.1. The molecule has 0 radical (unpaired) electrons. The summed E-state index contributed by atoms with van der Waals surface area (Å²) in [6.45, 7) is 7.70. The Morgan fingerprint density at radius 1 is 0.941 bits per heavy atom. The summed E-state index contributed by atoms with van der Waals surface area (Å²) in [5, 5.41) is 11.9. The monoisotopic (exact) mass is 233 g/mol. The highest BCUT2D eigenvalue weighted by atomic mass is 15.3. The van der Waals surface area contributed by atoms with Crippen LogP contribution in [0.25, 0.3) is 0 Å². The van der Waals surface area contributed by atoms with E-state index < -0.39 is 0 Å². The van der Waals surface area contributed by atoms with Crippen molar-refractivity contribution in [1.29, 1.82) is 0 Å². The molecular weight excluding hydrogens is 214 g/mol. The second-order valence-corrected chi connectivity index (χ2v) is 4.01. The quantitative estimate of drug-likeness (QED) is 0.820. The summed E-state index contributed by atoms with van der Waals surface area (Å²) in [5.74, 6) is 0. The molecule has 0 fully saturated rings. The molecule has 0 amide bonds. The summed E-state index contributed by atoms with van der Waals surface area (Å²) in [4.78, 5) is 0. The molecule has 5 nitrogen and oxygen atoms in total. The van der Waals surface area contributed by atoms with E-state index in [4.69, 9.17) is 0 Å². The molecule has 0 unspecified atom stereocenters. The van der Waals surface area contributed by atoms with Gasteiger partial charge in [0.15, 0.2) is 0 Å². The lowest BCUT2D eigenvalue weighted by atomic mass is 10.3. The number of aryl methyl sites for hydroxylation is 2. The molecule has 2 heterocycles. The molecule has 0 bridgehead atoms. The van der Waals surface area contributed by atoms with Crippen LogP contribution in [0.3, 0.4) is 0 Å². The summed E-state index contributed by atoms with van der Waals surface area (Å²) < 4.78 is 3.87. The van der Waals surface area contributed by atoms with Gasteiger partial charge >= 0.3 is 0 Å².